The van der Waals surface area contributed by atoms with E-state index in [1.54, 1.807) is 0 Å². The second-order valence-corrected chi connectivity index (χ2v) is 4.87. The molecule has 0 aliphatic carbocycles. The fraction of sp³-hybridized carbons (Fsp3) is 0.533. The maximum atomic E-state index is 11.9. The van der Waals surface area contributed by atoms with E-state index in [1.807, 2.05) is 31.2 Å². The Morgan fingerprint density at radius 3 is 2.81 bits per heavy atom. The smallest absolute Gasteiger partial charge is 0.261 e. The van der Waals surface area contributed by atoms with Gasteiger partial charge in [0.15, 0.2) is 0 Å². The third-order valence-electron chi connectivity index (χ3n) is 3.31. The normalized spacial score (nSPS) is 13.2. The molecule has 1 aromatic heterocycles. The van der Waals surface area contributed by atoms with Crippen molar-refractivity contribution in [1.29, 1.82) is 0 Å². The van der Waals surface area contributed by atoms with Gasteiger partial charge in [-0.05, 0) is 25.5 Å². The summed E-state index contributed by atoms with van der Waals surface area (Å²) in [7, 11) is 0. The third-order valence-corrected chi connectivity index (χ3v) is 3.31. The molecule has 0 aliphatic heterocycles. The molecule has 4 nitrogen and oxygen atoms in total. The second-order valence-electron chi connectivity index (χ2n) is 4.87. The molecule has 0 fully saturated rings. The molecule has 0 saturated carbocycles. The number of imidazole rings is 1. The zero-order valence-electron chi connectivity index (χ0n) is 12.0. The maximum absolute atomic E-state index is 11.9. The molecule has 6 heteroatoms. The van der Waals surface area contributed by atoms with Crippen LogP contribution in [0.15, 0.2) is 24.3 Å². The Kier molecular flexibility index (Phi) is 5.64. The average Bonchev–Trinajstić information content (AvgIpc) is 2.80. The van der Waals surface area contributed by atoms with Crippen LogP contribution in [0.3, 0.4) is 0 Å². The van der Waals surface area contributed by atoms with Gasteiger partial charge in [-0.3, -0.25) is 0 Å². The molecule has 1 N–H and O–H groups in total. The van der Waals surface area contributed by atoms with Gasteiger partial charge in [0.1, 0.15) is 12.4 Å². The van der Waals surface area contributed by atoms with Crippen LogP contribution in [0.5, 0.6) is 0 Å². The van der Waals surface area contributed by atoms with E-state index >= 15 is 0 Å². The SMILES string of the molecule is CCn1c(CC(O)CCOCC(F)F)nc2ccccc21. The summed E-state index contributed by atoms with van der Waals surface area (Å²) in [5.41, 5.74) is 1.94. The lowest BCUT2D eigenvalue weighted by atomic mass is 10.2. The summed E-state index contributed by atoms with van der Waals surface area (Å²) in [5, 5.41) is 9.99. The van der Waals surface area contributed by atoms with E-state index in [4.69, 9.17) is 4.74 Å². The largest absolute Gasteiger partial charge is 0.393 e. The fourth-order valence-electron chi connectivity index (χ4n) is 2.34. The summed E-state index contributed by atoms with van der Waals surface area (Å²) >= 11 is 0. The third kappa shape index (κ3) is 4.22. The van der Waals surface area contributed by atoms with Crippen LogP contribution in [0.2, 0.25) is 0 Å². The van der Waals surface area contributed by atoms with Crippen molar-refractivity contribution in [1.82, 2.24) is 9.55 Å². The summed E-state index contributed by atoms with van der Waals surface area (Å²) in [4.78, 5) is 4.52. The van der Waals surface area contributed by atoms with Crippen molar-refractivity contribution in [3.05, 3.63) is 30.1 Å². The van der Waals surface area contributed by atoms with Crippen molar-refractivity contribution in [2.24, 2.45) is 0 Å². The molecule has 0 amide bonds. The summed E-state index contributed by atoms with van der Waals surface area (Å²) in [6.07, 6.45) is -2.41. The summed E-state index contributed by atoms with van der Waals surface area (Å²) in [5.74, 6) is 0.806. The quantitative estimate of drug-likeness (QED) is 0.762. The van der Waals surface area contributed by atoms with E-state index < -0.39 is 19.1 Å². The van der Waals surface area contributed by atoms with Crippen molar-refractivity contribution in [2.75, 3.05) is 13.2 Å². The molecule has 116 valence electrons. The first kappa shape index (κ1) is 15.9. The number of fused-ring (bicyclic) bond motifs is 1. The molecular formula is C15H20F2N2O2. The Balaban J connectivity index is 1.95. The van der Waals surface area contributed by atoms with Gasteiger partial charge in [0.05, 0.1) is 17.1 Å². The first-order valence-corrected chi connectivity index (χ1v) is 7.10. The molecule has 21 heavy (non-hydrogen) atoms. The highest BCUT2D eigenvalue weighted by Crippen LogP contribution is 2.17. The highest BCUT2D eigenvalue weighted by atomic mass is 19.3. The van der Waals surface area contributed by atoms with Crippen LogP contribution in [0, 0.1) is 0 Å². The summed E-state index contributed by atoms with van der Waals surface area (Å²) < 4.78 is 30.7. The Bertz CT molecular complexity index is 572. The minimum atomic E-state index is -2.47. The number of para-hydroxylation sites is 2. The van der Waals surface area contributed by atoms with Gasteiger partial charge in [-0.2, -0.15) is 0 Å². The lowest BCUT2D eigenvalue weighted by molar-refractivity contribution is 0.00489. The molecule has 0 radical (unpaired) electrons. The number of alkyl halides is 2. The Hall–Kier alpha value is -1.53. The van der Waals surface area contributed by atoms with Crippen LogP contribution in [0.4, 0.5) is 8.78 Å². The molecule has 1 aromatic carbocycles. The topological polar surface area (TPSA) is 47.3 Å². The predicted octanol–water partition coefficient (Wildman–Crippen LogP) is 2.63. The predicted molar refractivity (Wildman–Crippen MR) is 76.6 cm³/mol. The summed E-state index contributed by atoms with van der Waals surface area (Å²) in [6.45, 7) is 2.33. The van der Waals surface area contributed by atoms with Gasteiger partial charge in [0, 0.05) is 19.6 Å². The number of rotatable bonds is 8. The van der Waals surface area contributed by atoms with Crippen LogP contribution < -0.4 is 0 Å². The monoisotopic (exact) mass is 298 g/mol. The number of aryl methyl sites for hydroxylation is 1. The molecule has 0 aliphatic rings. The van der Waals surface area contributed by atoms with E-state index in [2.05, 4.69) is 9.55 Å². The number of halogens is 2. The van der Waals surface area contributed by atoms with Gasteiger partial charge < -0.3 is 14.4 Å². The van der Waals surface area contributed by atoms with Crippen molar-refractivity contribution < 1.29 is 18.6 Å². The van der Waals surface area contributed by atoms with Crippen molar-refractivity contribution >= 4 is 11.0 Å². The van der Waals surface area contributed by atoms with Gasteiger partial charge in [0.2, 0.25) is 0 Å². The van der Waals surface area contributed by atoms with Crippen LogP contribution in [0.25, 0.3) is 11.0 Å². The van der Waals surface area contributed by atoms with E-state index in [0.29, 0.717) is 12.8 Å². The molecule has 1 unspecified atom stereocenters. The van der Waals surface area contributed by atoms with E-state index in [0.717, 1.165) is 23.4 Å². The van der Waals surface area contributed by atoms with E-state index in [-0.39, 0.29) is 6.61 Å². The maximum Gasteiger partial charge on any atom is 0.261 e. The number of nitrogens with zero attached hydrogens (tertiary/aromatic N) is 2. The number of hydrogen-bond acceptors (Lipinski definition) is 3. The number of ether oxygens (including phenoxy) is 1. The van der Waals surface area contributed by atoms with Gasteiger partial charge >= 0.3 is 0 Å². The number of hydrogen-bond donors (Lipinski definition) is 1. The lowest BCUT2D eigenvalue weighted by Gasteiger charge is -2.12. The molecule has 2 rings (SSSR count). The Morgan fingerprint density at radius 2 is 2.10 bits per heavy atom. The minimum absolute atomic E-state index is 0.123. The molecule has 0 bridgehead atoms. The van der Waals surface area contributed by atoms with Crippen LogP contribution >= 0.6 is 0 Å². The summed E-state index contributed by atoms with van der Waals surface area (Å²) in [6, 6.07) is 7.80. The van der Waals surface area contributed by atoms with Gasteiger partial charge in [-0.1, -0.05) is 12.1 Å². The van der Waals surface area contributed by atoms with Crippen molar-refractivity contribution in [3.8, 4) is 0 Å². The standard InChI is InChI=1S/C15H20F2N2O2/c1-2-19-13-6-4-3-5-12(13)18-15(19)9-11(20)7-8-21-10-14(16)17/h3-6,11,14,20H,2,7-10H2,1H3. The van der Waals surface area contributed by atoms with Crippen LogP contribution in [-0.2, 0) is 17.7 Å². The number of aromatic nitrogens is 2. The molecule has 2 aromatic rings. The highest BCUT2D eigenvalue weighted by Gasteiger charge is 2.14. The van der Waals surface area contributed by atoms with Crippen LogP contribution in [-0.4, -0.2) is 40.4 Å². The number of aliphatic hydroxyl groups is 1. The zero-order chi connectivity index (χ0) is 15.2. The van der Waals surface area contributed by atoms with E-state index in [9.17, 15) is 13.9 Å². The van der Waals surface area contributed by atoms with Gasteiger partial charge in [-0.15, -0.1) is 0 Å². The Morgan fingerprint density at radius 1 is 1.33 bits per heavy atom. The van der Waals surface area contributed by atoms with Gasteiger partial charge in [-0.25, -0.2) is 13.8 Å². The fourth-order valence-corrected chi connectivity index (χ4v) is 2.34. The first-order chi connectivity index (χ1) is 10.1. The first-order valence-electron chi connectivity index (χ1n) is 7.10. The lowest BCUT2D eigenvalue weighted by Crippen LogP contribution is -2.18. The minimum Gasteiger partial charge on any atom is -0.393 e. The zero-order valence-corrected chi connectivity index (χ0v) is 12.0. The molecular weight excluding hydrogens is 278 g/mol. The highest BCUT2D eigenvalue weighted by molar-refractivity contribution is 5.75. The number of aliphatic hydroxyl groups excluding tert-OH is 1. The van der Waals surface area contributed by atoms with Crippen molar-refractivity contribution in [2.45, 2.75) is 38.8 Å². The Labute approximate surface area is 122 Å². The number of benzene rings is 1. The second kappa shape index (κ2) is 7.47. The average molecular weight is 298 g/mol. The molecule has 1 heterocycles. The molecule has 1 atom stereocenters. The molecule has 0 saturated heterocycles. The van der Waals surface area contributed by atoms with Gasteiger partial charge in [0.25, 0.3) is 6.43 Å². The van der Waals surface area contributed by atoms with Crippen LogP contribution in [0.1, 0.15) is 19.2 Å². The van der Waals surface area contributed by atoms with Crippen molar-refractivity contribution in [3.63, 3.8) is 0 Å². The molecule has 0 spiro atoms. The van der Waals surface area contributed by atoms with E-state index in [1.165, 1.54) is 0 Å².